The van der Waals surface area contributed by atoms with E-state index < -0.39 is 29.5 Å². The maximum Gasteiger partial charge on any atom is 0.418 e. The maximum absolute atomic E-state index is 12.8. The molecule has 1 rings (SSSR count). The van der Waals surface area contributed by atoms with Gasteiger partial charge in [-0.3, -0.25) is 0 Å². The summed E-state index contributed by atoms with van der Waals surface area (Å²) in [4.78, 5) is 3.35. The van der Waals surface area contributed by atoms with E-state index in [9.17, 15) is 23.4 Å². The smallest absolute Gasteiger partial charge is 0.390 e. The van der Waals surface area contributed by atoms with Crippen molar-refractivity contribution in [2.75, 3.05) is 13.6 Å². The van der Waals surface area contributed by atoms with Crippen LogP contribution in [0, 0.1) is 0 Å². The summed E-state index contributed by atoms with van der Waals surface area (Å²) in [5.74, 6) is 0. The van der Waals surface area contributed by atoms with Gasteiger partial charge in [-0.25, -0.2) is 4.98 Å². The van der Waals surface area contributed by atoms with Gasteiger partial charge in [-0.05, 0) is 31.6 Å². The van der Waals surface area contributed by atoms with Crippen LogP contribution in [0.5, 0.6) is 0 Å². The molecule has 0 aliphatic heterocycles. The molecule has 0 bridgehead atoms. The zero-order valence-corrected chi connectivity index (χ0v) is 10.8. The van der Waals surface area contributed by atoms with E-state index >= 15 is 0 Å². The van der Waals surface area contributed by atoms with Gasteiger partial charge >= 0.3 is 6.18 Å². The van der Waals surface area contributed by atoms with E-state index in [-0.39, 0.29) is 11.6 Å². The lowest BCUT2D eigenvalue weighted by Crippen LogP contribution is -2.25. The summed E-state index contributed by atoms with van der Waals surface area (Å²) in [6.07, 6.45) is -7.02. The summed E-state index contributed by atoms with van der Waals surface area (Å²) in [6.45, 7) is 0.360. The van der Waals surface area contributed by atoms with E-state index in [4.69, 9.17) is 11.6 Å². The first-order valence-electron chi connectivity index (χ1n) is 5.50. The van der Waals surface area contributed by atoms with Crippen LogP contribution in [0.3, 0.4) is 0 Å². The SMILES string of the molecule is CNCCC(O)C(O)c1cc(Cl)ncc1C(F)(F)F. The number of pyridine rings is 1. The van der Waals surface area contributed by atoms with Gasteiger partial charge in [-0.15, -0.1) is 0 Å². The molecular formula is C11H14ClF3N2O2. The Kier molecular flexibility index (Phi) is 5.54. The normalized spacial score (nSPS) is 15.3. The minimum atomic E-state index is -4.67. The zero-order valence-electron chi connectivity index (χ0n) is 10.1. The molecule has 1 aromatic rings. The third-order valence-corrected chi connectivity index (χ3v) is 2.79. The standard InChI is InChI=1S/C11H14ClF3N2O2/c1-16-3-2-8(18)10(19)6-4-9(12)17-5-7(6)11(13,14)15/h4-5,8,10,16,18-19H,2-3H2,1H3. The molecule has 3 N–H and O–H groups in total. The molecular weight excluding hydrogens is 285 g/mol. The highest BCUT2D eigenvalue weighted by Crippen LogP contribution is 2.36. The molecule has 2 atom stereocenters. The molecule has 19 heavy (non-hydrogen) atoms. The van der Waals surface area contributed by atoms with Gasteiger partial charge in [0.15, 0.2) is 0 Å². The van der Waals surface area contributed by atoms with E-state index in [0.29, 0.717) is 12.7 Å². The fourth-order valence-corrected chi connectivity index (χ4v) is 1.75. The second-order valence-electron chi connectivity index (χ2n) is 4.00. The summed E-state index contributed by atoms with van der Waals surface area (Å²) in [7, 11) is 1.63. The zero-order chi connectivity index (χ0) is 14.6. The van der Waals surface area contributed by atoms with Gasteiger partial charge in [-0.2, -0.15) is 13.2 Å². The molecule has 108 valence electrons. The Hall–Kier alpha value is -0.890. The van der Waals surface area contributed by atoms with Crippen LogP contribution >= 0.6 is 11.6 Å². The minimum absolute atomic E-state index is 0.106. The topological polar surface area (TPSA) is 65.4 Å². The van der Waals surface area contributed by atoms with Crippen molar-refractivity contribution in [3.63, 3.8) is 0 Å². The van der Waals surface area contributed by atoms with Crippen LogP contribution in [-0.2, 0) is 6.18 Å². The summed E-state index contributed by atoms with van der Waals surface area (Å²) in [5.41, 5.74) is -1.58. The van der Waals surface area contributed by atoms with Crippen molar-refractivity contribution in [3.05, 3.63) is 28.5 Å². The first kappa shape index (κ1) is 16.2. The van der Waals surface area contributed by atoms with Crippen molar-refractivity contribution >= 4 is 11.6 Å². The molecule has 0 spiro atoms. The van der Waals surface area contributed by atoms with Crippen molar-refractivity contribution in [1.29, 1.82) is 0 Å². The third kappa shape index (κ3) is 4.31. The number of hydrogen-bond acceptors (Lipinski definition) is 4. The van der Waals surface area contributed by atoms with Crippen molar-refractivity contribution < 1.29 is 23.4 Å². The summed E-state index contributed by atoms with van der Waals surface area (Å²) < 4.78 is 38.3. The van der Waals surface area contributed by atoms with Crippen LogP contribution in [0.4, 0.5) is 13.2 Å². The number of aromatic nitrogens is 1. The number of aliphatic hydroxyl groups is 2. The fourth-order valence-electron chi connectivity index (χ4n) is 1.58. The van der Waals surface area contributed by atoms with E-state index in [1.807, 2.05) is 0 Å². The van der Waals surface area contributed by atoms with E-state index in [1.165, 1.54) is 0 Å². The highest BCUT2D eigenvalue weighted by Gasteiger charge is 2.37. The molecule has 0 aromatic carbocycles. The molecule has 0 saturated carbocycles. The van der Waals surface area contributed by atoms with Crippen LogP contribution in [0.15, 0.2) is 12.3 Å². The van der Waals surface area contributed by atoms with Crippen LogP contribution in [0.1, 0.15) is 23.7 Å². The average molecular weight is 299 g/mol. The molecule has 0 fully saturated rings. The summed E-state index contributed by atoms with van der Waals surface area (Å²) in [6, 6.07) is 0.914. The maximum atomic E-state index is 12.8. The molecule has 0 radical (unpaired) electrons. The largest absolute Gasteiger partial charge is 0.418 e. The van der Waals surface area contributed by atoms with Gasteiger partial charge < -0.3 is 15.5 Å². The van der Waals surface area contributed by atoms with Gasteiger partial charge in [0.05, 0.1) is 11.7 Å². The van der Waals surface area contributed by atoms with Crippen molar-refractivity contribution in [1.82, 2.24) is 10.3 Å². The van der Waals surface area contributed by atoms with Crippen molar-refractivity contribution in [2.45, 2.75) is 24.8 Å². The molecule has 1 heterocycles. The van der Waals surface area contributed by atoms with Crippen LogP contribution < -0.4 is 5.32 Å². The molecule has 1 aromatic heterocycles. The predicted octanol–water partition coefficient (Wildman–Crippen LogP) is 1.76. The molecule has 8 heteroatoms. The lowest BCUT2D eigenvalue weighted by atomic mass is 9.98. The minimum Gasteiger partial charge on any atom is -0.390 e. The van der Waals surface area contributed by atoms with Gasteiger partial charge in [0.1, 0.15) is 11.3 Å². The van der Waals surface area contributed by atoms with Crippen LogP contribution in [0.25, 0.3) is 0 Å². The van der Waals surface area contributed by atoms with Crippen LogP contribution in [0.2, 0.25) is 5.15 Å². The number of rotatable bonds is 5. The third-order valence-electron chi connectivity index (χ3n) is 2.58. The Balaban J connectivity index is 3.07. The number of hydrogen-bond donors (Lipinski definition) is 3. The summed E-state index contributed by atoms with van der Waals surface area (Å²) in [5, 5.41) is 22.0. The predicted molar refractivity (Wildman–Crippen MR) is 63.8 cm³/mol. The van der Waals surface area contributed by atoms with Crippen molar-refractivity contribution in [3.8, 4) is 0 Å². The monoisotopic (exact) mass is 298 g/mol. The second-order valence-corrected chi connectivity index (χ2v) is 4.38. The van der Waals surface area contributed by atoms with Crippen LogP contribution in [-0.4, -0.2) is 34.9 Å². The molecule has 2 unspecified atom stereocenters. The quantitative estimate of drug-likeness (QED) is 0.725. The van der Waals surface area contributed by atoms with Gasteiger partial charge in [0, 0.05) is 6.20 Å². The highest BCUT2D eigenvalue weighted by molar-refractivity contribution is 6.29. The Morgan fingerprint density at radius 3 is 2.58 bits per heavy atom. The summed E-state index contributed by atoms with van der Waals surface area (Å²) >= 11 is 5.54. The number of halogens is 4. The lowest BCUT2D eigenvalue weighted by Gasteiger charge is -2.21. The number of nitrogens with one attached hydrogen (secondary N) is 1. The van der Waals surface area contributed by atoms with Gasteiger partial charge in [0.2, 0.25) is 0 Å². The second kappa shape index (κ2) is 6.51. The number of nitrogens with zero attached hydrogens (tertiary/aromatic N) is 1. The average Bonchev–Trinajstić information content (AvgIpc) is 2.33. The Labute approximate surface area is 113 Å². The van der Waals surface area contributed by atoms with E-state index in [2.05, 4.69) is 10.3 Å². The van der Waals surface area contributed by atoms with E-state index in [1.54, 1.807) is 7.05 Å². The molecule has 0 amide bonds. The number of alkyl halides is 3. The van der Waals surface area contributed by atoms with E-state index in [0.717, 1.165) is 6.07 Å². The fraction of sp³-hybridized carbons (Fsp3) is 0.545. The molecule has 0 aliphatic carbocycles. The Morgan fingerprint density at radius 1 is 1.42 bits per heavy atom. The first-order chi connectivity index (χ1) is 8.77. The molecule has 0 saturated heterocycles. The van der Waals surface area contributed by atoms with Gasteiger partial charge in [0.25, 0.3) is 0 Å². The molecule has 0 aliphatic rings. The van der Waals surface area contributed by atoms with Gasteiger partial charge in [-0.1, -0.05) is 11.6 Å². The highest BCUT2D eigenvalue weighted by atomic mass is 35.5. The Bertz CT molecular complexity index is 429. The Morgan fingerprint density at radius 2 is 2.05 bits per heavy atom. The first-order valence-corrected chi connectivity index (χ1v) is 5.88. The number of aliphatic hydroxyl groups excluding tert-OH is 2. The molecule has 4 nitrogen and oxygen atoms in total. The van der Waals surface area contributed by atoms with Crippen molar-refractivity contribution in [2.24, 2.45) is 0 Å². The lowest BCUT2D eigenvalue weighted by molar-refractivity contribution is -0.140.